The Morgan fingerprint density at radius 1 is 1.15 bits per heavy atom. The molecule has 0 unspecified atom stereocenters. The molecular formula is C19H19N5O2. The SMILES string of the molecule is COc1cccc2c(C)nc(Nc3ncc4c(n3)C[C@H](C)CC4=O)nc12. The topological polar surface area (TPSA) is 89.9 Å². The van der Waals surface area contributed by atoms with Crippen LogP contribution < -0.4 is 10.1 Å². The summed E-state index contributed by atoms with van der Waals surface area (Å²) in [4.78, 5) is 29.9. The van der Waals surface area contributed by atoms with Gasteiger partial charge in [-0.25, -0.2) is 19.9 Å². The Morgan fingerprint density at radius 3 is 2.81 bits per heavy atom. The van der Waals surface area contributed by atoms with Crippen LogP contribution in [0.1, 0.15) is 35.1 Å². The monoisotopic (exact) mass is 349 g/mol. The van der Waals surface area contributed by atoms with Crippen molar-refractivity contribution in [1.82, 2.24) is 19.9 Å². The number of Topliss-reactive ketones (excluding diaryl/α,β-unsaturated/α-hetero) is 1. The lowest BCUT2D eigenvalue weighted by Gasteiger charge is -2.19. The molecule has 7 nitrogen and oxygen atoms in total. The molecular weight excluding hydrogens is 330 g/mol. The van der Waals surface area contributed by atoms with Crippen LogP contribution in [0.15, 0.2) is 24.4 Å². The van der Waals surface area contributed by atoms with Crippen molar-refractivity contribution in [3.63, 3.8) is 0 Å². The molecule has 0 bridgehead atoms. The second-order valence-corrected chi connectivity index (χ2v) is 6.60. The summed E-state index contributed by atoms with van der Waals surface area (Å²) in [6.07, 6.45) is 2.91. The first-order valence-electron chi connectivity index (χ1n) is 8.52. The molecule has 1 aliphatic rings. The second-order valence-electron chi connectivity index (χ2n) is 6.60. The summed E-state index contributed by atoms with van der Waals surface area (Å²) < 4.78 is 5.40. The Balaban J connectivity index is 1.72. The van der Waals surface area contributed by atoms with E-state index in [9.17, 15) is 4.79 Å². The van der Waals surface area contributed by atoms with Crippen LogP contribution in [0.3, 0.4) is 0 Å². The molecule has 2 aromatic heterocycles. The van der Waals surface area contributed by atoms with E-state index in [0.29, 0.717) is 35.5 Å². The van der Waals surface area contributed by atoms with Crippen LogP contribution in [-0.2, 0) is 6.42 Å². The molecule has 0 amide bonds. The van der Waals surface area contributed by atoms with E-state index in [2.05, 4.69) is 32.2 Å². The molecule has 2 heterocycles. The quantitative estimate of drug-likeness (QED) is 0.776. The summed E-state index contributed by atoms with van der Waals surface area (Å²) in [5.41, 5.74) is 2.96. The molecule has 3 aromatic rings. The lowest BCUT2D eigenvalue weighted by molar-refractivity contribution is 0.0951. The number of ketones is 1. The molecule has 132 valence electrons. The van der Waals surface area contributed by atoms with Gasteiger partial charge in [-0.2, -0.15) is 0 Å². The Bertz CT molecular complexity index is 1020. The van der Waals surface area contributed by atoms with Crippen molar-refractivity contribution in [1.29, 1.82) is 0 Å². The van der Waals surface area contributed by atoms with Crippen LogP contribution in [0, 0.1) is 12.8 Å². The molecule has 0 radical (unpaired) electrons. The highest BCUT2D eigenvalue weighted by Gasteiger charge is 2.24. The van der Waals surface area contributed by atoms with Crippen molar-refractivity contribution in [2.75, 3.05) is 12.4 Å². The number of benzene rings is 1. The Labute approximate surface area is 150 Å². The molecule has 1 N–H and O–H groups in total. The molecule has 0 spiro atoms. The van der Waals surface area contributed by atoms with Gasteiger partial charge in [-0.15, -0.1) is 0 Å². The van der Waals surface area contributed by atoms with Crippen LogP contribution in [0.4, 0.5) is 11.9 Å². The van der Waals surface area contributed by atoms with Crippen molar-refractivity contribution in [2.24, 2.45) is 5.92 Å². The fourth-order valence-electron chi connectivity index (χ4n) is 3.29. The van der Waals surface area contributed by atoms with E-state index >= 15 is 0 Å². The number of methoxy groups -OCH3 is 1. The number of anilines is 2. The molecule has 0 saturated heterocycles. The Kier molecular flexibility index (Phi) is 3.99. The molecule has 0 fully saturated rings. The predicted molar refractivity (Wildman–Crippen MR) is 98.0 cm³/mol. The zero-order valence-electron chi connectivity index (χ0n) is 14.9. The number of hydrogen-bond donors (Lipinski definition) is 1. The second kappa shape index (κ2) is 6.33. The summed E-state index contributed by atoms with van der Waals surface area (Å²) in [7, 11) is 1.62. The van der Waals surface area contributed by atoms with Gasteiger partial charge in [0, 0.05) is 18.0 Å². The number of rotatable bonds is 3. The maximum absolute atomic E-state index is 12.1. The molecule has 26 heavy (non-hydrogen) atoms. The summed E-state index contributed by atoms with van der Waals surface area (Å²) in [6, 6.07) is 5.73. The van der Waals surface area contributed by atoms with E-state index in [4.69, 9.17) is 4.74 Å². The van der Waals surface area contributed by atoms with Gasteiger partial charge in [-0.3, -0.25) is 10.1 Å². The zero-order chi connectivity index (χ0) is 18.3. The van der Waals surface area contributed by atoms with Crippen LogP contribution in [0.25, 0.3) is 10.9 Å². The number of nitrogens with zero attached hydrogens (tertiary/aromatic N) is 4. The normalized spacial score (nSPS) is 16.4. The van der Waals surface area contributed by atoms with Crippen LogP contribution in [-0.4, -0.2) is 32.8 Å². The number of aromatic nitrogens is 4. The van der Waals surface area contributed by atoms with E-state index in [0.717, 1.165) is 28.7 Å². The first-order chi connectivity index (χ1) is 12.5. The molecule has 1 atom stereocenters. The number of ether oxygens (including phenoxy) is 1. The summed E-state index contributed by atoms with van der Waals surface area (Å²) in [5, 5.41) is 3.99. The third-order valence-corrected chi connectivity index (χ3v) is 4.57. The van der Waals surface area contributed by atoms with Gasteiger partial charge in [0.15, 0.2) is 5.78 Å². The first kappa shape index (κ1) is 16.4. The maximum atomic E-state index is 12.1. The highest BCUT2D eigenvalue weighted by Crippen LogP contribution is 2.28. The number of fused-ring (bicyclic) bond motifs is 2. The molecule has 0 saturated carbocycles. The molecule has 0 aliphatic heterocycles. The van der Waals surface area contributed by atoms with E-state index in [1.165, 1.54) is 0 Å². The van der Waals surface area contributed by atoms with Crippen molar-refractivity contribution in [2.45, 2.75) is 26.7 Å². The van der Waals surface area contributed by atoms with E-state index in [-0.39, 0.29) is 5.78 Å². The summed E-state index contributed by atoms with van der Waals surface area (Å²) in [5.74, 6) is 1.87. The third-order valence-electron chi connectivity index (χ3n) is 4.57. The van der Waals surface area contributed by atoms with Gasteiger partial charge in [-0.1, -0.05) is 19.1 Å². The largest absolute Gasteiger partial charge is 0.494 e. The van der Waals surface area contributed by atoms with Gasteiger partial charge in [0.25, 0.3) is 0 Å². The van der Waals surface area contributed by atoms with Gasteiger partial charge in [0.05, 0.1) is 24.1 Å². The highest BCUT2D eigenvalue weighted by atomic mass is 16.5. The van der Waals surface area contributed by atoms with Gasteiger partial charge in [0.1, 0.15) is 11.3 Å². The molecule has 1 aromatic carbocycles. The minimum absolute atomic E-state index is 0.104. The standard InChI is InChI=1S/C19H19N5O2/c1-10-7-14-13(15(25)8-10)9-20-18(22-14)24-19-21-11(2)12-5-4-6-16(26-3)17(12)23-19/h4-6,9-10H,7-8H2,1-3H3,(H,20,21,22,23,24)/t10-/m0/s1. The van der Waals surface area contributed by atoms with E-state index in [1.54, 1.807) is 13.3 Å². The van der Waals surface area contributed by atoms with Gasteiger partial charge < -0.3 is 4.74 Å². The number of hydrogen-bond acceptors (Lipinski definition) is 7. The fourth-order valence-corrected chi connectivity index (χ4v) is 3.29. The van der Waals surface area contributed by atoms with Crippen molar-refractivity contribution < 1.29 is 9.53 Å². The Hall–Kier alpha value is -3.09. The third kappa shape index (κ3) is 2.85. The average Bonchev–Trinajstić information content (AvgIpc) is 2.61. The van der Waals surface area contributed by atoms with E-state index in [1.807, 2.05) is 25.1 Å². The highest BCUT2D eigenvalue weighted by molar-refractivity contribution is 5.98. The summed E-state index contributed by atoms with van der Waals surface area (Å²) in [6.45, 7) is 3.97. The predicted octanol–water partition coefficient (Wildman–Crippen LogP) is 3.25. The van der Waals surface area contributed by atoms with Crippen molar-refractivity contribution in [3.8, 4) is 5.75 Å². The molecule has 4 rings (SSSR count). The van der Waals surface area contributed by atoms with Crippen LogP contribution in [0.2, 0.25) is 0 Å². The smallest absolute Gasteiger partial charge is 0.230 e. The molecule has 1 aliphatic carbocycles. The minimum atomic E-state index is 0.104. The lowest BCUT2D eigenvalue weighted by Crippen LogP contribution is -2.20. The summed E-state index contributed by atoms with van der Waals surface area (Å²) >= 11 is 0. The average molecular weight is 349 g/mol. The van der Waals surface area contributed by atoms with Gasteiger partial charge in [-0.05, 0) is 25.3 Å². The number of carbonyl (C=O) groups is 1. The van der Waals surface area contributed by atoms with Crippen molar-refractivity contribution >= 4 is 28.6 Å². The number of nitrogens with one attached hydrogen (secondary N) is 1. The lowest BCUT2D eigenvalue weighted by atomic mass is 9.88. The van der Waals surface area contributed by atoms with Crippen LogP contribution >= 0.6 is 0 Å². The number of para-hydroxylation sites is 1. The van der Waals surface area contributed by atoms with E-state index < -0.39 is 0 Å². The number of aryl methyl sites for hydroxylation is 1. The fraction of sp³-hybridized carbons (Fsp3) is 0.316. The van der Waals surface area contributed by atoms with Crippen LogP contribution in [0.5, 0.6) is 5.75 Å². The Morgan fingerprint density at radius 2 is 2.00 bits per heavy atom. The number of carbonyl (C=O) groups excluding carboxylic acids is 1. The maximum Gasteiger partial charge on any atom is 0.230 e. The van der Waals surface area contributed by atoms with Crippen molar-refractivity contribution in [3.05, 3.63) is 41.3 Å². The van der Waals surface area contributed by atoms with Gasteiger partial charge in [0.2, 0.25) is 11.9 Å². The first-order valence-corrected chi connectivity index (χ1v) is 8.52. The minimum Gasteiger partial charge on any atom is -0.494 e. The van der Waals surface area contributed by atoms with Gasteiger partial charge >= 0.3 is 0 Å². The molecule has 7 heteroatoms. The zero-order valence-corrected chi connectivity index (χ0v) is 14.9.